The van der Waals surface area contributed by atoms with E-state index in [9.17, 15) is 92.5 Å². The Kier molecular flexibility index (Phi) is 33.0. The monoisotopic (exact) mass is 1530 g/mol. The number of hydrogen-bond acceptors (Lipinski definition) is 35. The maximum Gasteiger partial charge on any atom is 1.00 e. The van der Waals surface area contributed by atoms with Crippen LogP contribution in [0.4, 0.5) is 78.9 Å². The van der Waals surface area contributed by atoms with Gasteiger partial charge in [-0.2, -0.15) is 29.9 Å². The molecule has 2 heterocycles. The van der Waals surface area contributed by atoms with Crippen LogP contribution in [0.25, 0.3) is 21.5 Å². The summed E-state index contributed by atoms with van der Waals surface area (Å²) in [4.78, 5) is 40.7. The quantitative estimate of drug-likeness (QED) is 0.0173. The van der Waals surface area contributed by atoms with Crippen molar-refractivity contribution < 1.29 is 270 Å². The number of amides is 4. The predicted octanol–water partition coefficient (Wildman–Crippen LogP) is -14.7. The number of carbonyl (C=O) groups excluding carboxylic acids is 2. The molecule has 0 aliphatic rings. The number of nitrogens with zero attached hydrogens (tertiary/aromatic N) is 10. The maximum absolute atomic E-state index is 12.3. The van der Waals surface area contributed by atoms with Gasteiger partial charge < -0.3 is 75.8 Å². The first-order valence-electron chi connectivity index (χ1n) is 23.4. The Morgan fingerprint density at radius 3 is 1.04 bits per heavy atom. The Balaban J connectivity index is 0.00000523. The third-order valence-electron chi connectivity index (χ3n) is 11.3. The van der Waals surface area contributed by atoms with Crippen molar-refractivity contribution >= 4 is 187 Å². The zero-order chi connectivity index (χ0) is 66.2. The van der Waals surface area contributed by atoms with Crippen molar-refractivity contribution in [2.45, 2.75) is 35.5 Å². The van der Waals surface area contributed by atoms with Crippen molar-refractivity contribution in [1.29, 1.82) is 0 Å². The fraction of sp³-hybridized carbons (Fsp3) is 0.0698. The first-order chi connectivity index (χ1) is 41.7. The van der Waals surface area contributed by atoms with Gasteiger partial charge in [-0.3, -0.25) is 0 Å². The molecule has 0 aliphatic carbocycles. The SMILES string of the molecule is NC(=O)Nc1cc(Nc2nc(Cl)nc(NCC(O)CNc3nc(Cl)nc(Nc4ccc(N=Nc5cc6c(S(=O)(=O)[O-])cc(S(=O)(=O)[O-])cc6cc5S(=O)(=O)[O-])c(NC(N)=O)c4)n3)n2)ccc1N=Nc1cc2c(S(=O)(=O)[O-])cc(S(=O)(=O)[O-])cc2cc1S(=O)(=O)[O-].[Na+].[Na+].[Na+].[Na+].[Na+].[Na+]. The molecule has 11 N–H and O–H groups in total. The summed E-state index contributed by atoms with van der Waals surface area (Å²) in [5, 5.41) is 38.0. The van der Waals surface area contributed by atoms with E-state index in [4.69, 9.17) is 34.7 Å². The van der Waals surface area contributed by atoms with Crippen molar-refractivity contribution in [1.82, 2.24) is 29.9 Å². The van der Waals surface area contributed by atoms with Crippen LogP contribution in [0.5, 0.6) is 0 Å². The van der Waals surface area contributed by atoms with E-state index in [2.05, 4.69) is 82.3 Å². The van der Waals surface area contributed by atoms with Gasteiger partial charge in [-0.05, 0) is 119 Å². The summed E-state index contributed by atoms with van der Waals surface area (Å²) in [7, 11) is -33.1. The molecule has 0 aliphatic heterocycles. The molecule has 96 heavy (non-hydrogen) atoms. The first kappa shape index (κ1) is 88.9. The molecule has 0 atom stereocenters. The zero-order valence-corrected chi connectivity index (χ0v) is 67.9. The van der Waals surface area contributed by atoms with E-state index in [1.165, 1.54) is 24.3 Å². The third-order valence-corrected chi connectivity index (χ3v) is 16.8. The number of carbonyl (C=O) groups is 2. The Bertz CT molecular complexity index is 4840. The van der Waals surface area contributed by atoms with Crippen LogP contribution in [0.2, 0.25) is 10.6 Å². The summed E-state index contributed by atoms with van der Waals surface area (Å²) >= 11 is 12.3. The number of hydrogen-bond donors (Lipinski definition) is 9. The number of primary amides is 2. The van der Waals surface area contributed by atoms with Crippen LogP contribution in [-0.2, 0) is 60.7 Å². The number of azo groups is 2. The second-order valence-electron chi connectivity index (χ2n) is 17.7. The summed E-state index contributed by atoms with van der Waals surface area (Å²) in [6.45, 7) is -0.611. The molecule has 8 rings (SSSR count). The summed E-state index contributed by atoms with van der Waals surface area (Å²) in [5.41, 5.74) is 7.92. The van der Waals surface area contributed by atoms with Crippen molar-refractivity contribution in [2.75, 3.05) is 45.0 Å². The van der Waals surface area contributed by atoms with Crippen LogP contribution in [0.15, 0.2) is 135 Å². The molecular formula is C43H30Cl2N18Na6O21S6. The summed E-state index contributed by atoms with van der Waals surface area (Å²) in [5.74, 6) is -0.958. The minimum atomic E-state index is -5.57. The molecule has 39 nitrogen and oxygen atoms in total. The third kappa shape index (κ3) is 24.0. The molecule has 474 valence electrons. The largest absolute Gasteiger partial charge is 1.00 e. The molecule has 8 aromatic rings. The maximum atomic E-state index is 12.3. The smallest absolute Gasteiger partial charge is 0.744 e. The van der Waals surface area contributed by atoms with Crippen molar-refractivity contribution in [2.24, 2.45) is 31.9 Å². The number of aliphatic hydroxyl groups excluding tert-OH is 1. The number of rotatable bonds is 22. The number of aliphatic hydroxyl groups is 1. The topological polar surface area (TPSA) is 649 Å². The van der Waals surface area contributed by atoms with E-state index < -0.39 is 152 Å². The van der Waals surface area contributed by atoms with Gasteiger partial charge in [-0.25, -0.2) is 60.1 Å². The minimum Gasteiger partial charge on any atom is -0.744 e. The van der Waals surface area contributed by atoms with Crippen molar-refractivity contribution in [3.05, 3.63) is 95.5 Å². The normalized spacial score (nSPS) is 12.1. The standard InChI is InChI=1S/C43H36Cl2N18O21S6.6Na/c44-36-54-40(58-42(56-36)50-19-1-3-26(28(9-19)52-38(46)65)60-62-30-13-24-17(7-34(30)89(79,80)81)5-22(85(67,68)69)11-32(24)87(73,74)75)48-15-21(64)16-49-41-55-37(45)57-43(59-41)51-20-2-4-27(29(10-20)53-39(47)66)61-63-31-14-25-18(8-35(31)90(82,83)84)6-23(86(70,71)72)12-33(25)88(76,77)78;;;;;;/h1-14,21,64H,15-16H2,(H3,46,52,65)(H3,47,53,66)(H,67,68,69)(H,70,71,72)(H,73,74,75)(H,76,77,78)(H,79,80,81)(H,82,83,84)(H2,48,50,54,56,58)(H2,49,51,55,57,59);;;;;;/q;6*+1/p-6. The van der Waals surface area contributed by atoms with Crippen LogP contribution >= 0.6 is 23.2 Å². The van der Waals surface area contributed by atoms with Gasteiger partial charge in [0.2, 0.25) is 34.4 Å². The Labute approximate surface area is 684 Å². The molecule has 0 fully saturated rings. The van der Waals surface area contributed by atoms with E-state index in [-0.39, 0.29) is 260 Å². The van der Waals surface area contributed by atoms with Crippen LogP contribution in [0.3, 0.4) is 0 Å². The molecule has 0 spiro atoms. The van der Waals surface area contributed by atoms with Gasteiger partial charge in [0.1, 0.15) is 83.5 Å². The zero-order valence-electron chi connectivity index (χ0n) is 49.5. The number of nitrogens with two attached hydrogens (primary N) is 2. The molecule has 6 aromatic carbocycles. The number of anilines is 8. The molecular weight excluding hydrogens is 1510 g/mol. The fourth-order valence-electron chi connectivity index (χ4n) is 7.70. The Hall–Kier alpha value is -3.20. The second-order valence-corrected chi connectivity index (χ2v) is 26.5. The predicted molar refractivity (Wildman–Crippen MR) is 303 cm³/mol. The molecule has 0 radical (unpaired) electrons. The number of urea groups is 2. The van der Waals surface area contributed by atoms with E-state index in [0.29, 0.717) is 36.4 Å². The first-order valence-corrected chi connectivity index (χ1v) is 32.6. The van der Waals surface area contributed by atoms with Crippen LogP contribution < -0.4 is 221 Å². The molecule has 2 aromatic heterocycles. The Morgan fingerprint density at radius 1 is 0.427 bits per heavy atom. The van der Waals surface area contributed by atoms with E-state index >= 15 is 0 Å². The summed E-state index contributed by atoms with van der Waals surface area (Å²) in [6, 6.07) is 8.51. The van der Waals surface area contributed by atoms with Crippen LogP contribution in [-0.4, -0.2) is 144 Å². The molecule has 4 amide bonds. The average Bonchev–Trinajstić information content (AvgIpc) is 0.763. The number of nitrogens with one attached hydrogen (secondary N) is 6. The van der Waals surface area contributed by atoms with Crippen LogP contribution in [0, 0.1) is 0 Å². The van der Waals surface area contributed by atoms with Gasteiger partial charge in [0.25, 0.3) is 0 Å². The molecule has 0 bridgehead atoms. The molecule has 0 saturated heterocycles. The summed E-state index contributed by atoms with van der Waals surface area (Å²) in [6.07, 6.45) is -1.30. The molecule has 53 heteroatoms. The minimum absolute atomic E-state index is 0. The van der Waals surface area contributed by atoms with E-state index in [0.717, 1.165) is 12.1 Å². The molecule has 0 saturated carbocycles. The van der Waals surface area contributed by atoms with Gasteiger partial charge in [0.15, 0.2) is 0 Å². The molecule has 0 unspecified atom stereocenters. The van der Waals surface area contributed by atoms with Crippen molar-refractivity contribution in [3.63, 3.8) is 0 Å². The average molecular weight is 1540 g/mol. The van der Waals surface area contributed by atoms with E-state index in [1.807, 2.05) is 0 Å². The van der Waals surface area contributed by atoms with Gasteiger partial charge in [-0.15, -0.1) is 20.5 Å². The van der Waals surface area contributed by atoms with Gasteiger partial charge >= 0.3 is 189 Å². The number of aromatic nitrogens is 6. The van der Waals surface area contributed by atoms with E-state index in [1.54, 1.807) is 0 Å². The number of halogens is 2. The second kappa shape index (κ2) is 35.6. The number of benzene rings is 6. The number of fused-ring (bicyclic) bond motifs is 2. The van der Waals surface area contributed by atoms with Gasteiger partial charge in [-0.1, -0.05) is 0 Å². The van der Waals surface area contributed by atoms with Gasteiger partial charge in [0.05, 0.1) is 46.9 Å². The Morgan fingerprint density at radius 2 is 0.740 bits per heavy atom. The van der Waals surface area contributed by atoms with Crippen molar-refractivity contribution in [3.8, 4) is 0 Å². The van der Waals surface area contributed by atoms with Gasteiger partial charge in [0, 0.05) is 35.2 Å². The van der Waals surface area contributed by atoms with Crippen LogP contribution in [0.1, 0.15) is 0 Å². The fourth-order valence-corrected chi connectivity index (χ4v) is 11.9. The summed E-state index contributed by atoms with van der Waals surface area (Å²) < 4.78 is 217.